The van der Waals surface area contributed by atoms with E-state index >= 15 is 0 Å². The summed E-state index contributed by atoms with van der Waals surface area (Å²) in [6.45, 7) is 0. The van der Waals surface area contributed by atoms with E-state index in [0.29, 0.717) is 0 Å². The average Bonchev–Trinajstić information content (AvgIpc) is 3.18. The molecule has 0 saturated heterocycles. The Labute approximate surface area is 200 Å². The first-order chi connectivity index (χ1) is 16.8. The third-order valence-corrected chi connectivity index (χ3v) is 6.72. The van der Waals surface area contributed by atoms with Gasteiger partial charge in [-0.05, 0) is 33.4 Å². The number of aliphatic hydroxyl groups is 1. The van der Waals surface area contributed by atoms with Crippen molar-refractivity contribution in [3.8, 4) is 11.1 Å². The Hall–Kier alpha value is -4.20. The van der Waals surface area contributed by atoms with Gasteiger partial charge in [0, 0.05) is 16.7 Å². The van der Waals surface area contributed by atoms with Crippen molar-refractivity contribution in [2.45, 2.75) is 5.60 Å². The van der Waals surface area contributed by atoms with Gasteiger partial charge >= 0.3 is 0 Å². The Morgan fingerprint density at radius 1 is 0.412 bits per heavy atom. The van der Waals surface area contributed by atoms with Crippen LogP contribution in [0.4, 0.5) is 0 Å². The second kappa shape index (κ2) is 8.30. The fraction of sp³-hybridized carbons (Fsp3) is 0.0303. The molecule has 0 fully saturated rings. The maximum absolute atomic E-state index is 12.9. The van der Waals surface area contributed by atoms with Crippen LogP contribution in [0.2, 0.25) is 0 Å². The van der Waals surface area contributed by atoms with Crippen molar-refractivity contribution in [2.24, 2.45) is 0 Å². The monoisotopic (exact) mass is 436 g/mol. The van der Waals surface area contributed by atoms with E-state index in [0.717, 1.165) is 50.1 Å². The van der Waals surface area contributed by atoms with Gasteiger partial charge in [0.2, 0.25) is 0 Å². The van der Waals surface area contributed by atoms with E-state index in [2.05, 4.69) is 84.9 Å². The zero-order chi connectivity index (χ0) is 23.0. The molecule has 162 valence electrons. The number of benzene rings is 5. The standard InChI is InChI=1S/C33H24O/c34-33(29-22-12-10-20-27(29)28-21-11-13-23-30(28)33)32(26-18-8-3-9-19-26)31(24-14-4-1-5-15-24)25-16-6-2-7-17-25/h1-23,34H. The molecule has 0 heterocycles. The van der Waals surface area contributed by atoms with Crippen LogP contribution in [-0.2, 0) is 5.60 Å². The summed E-state index contributed by atoms with van der Waals surface area (Å²) in [5, 5.41) is 12.9. The van der Waals surface area contributed by atoms with E-state index in [4.69, 9.17) is 0 Å². The normalized spacial score (nSPS) is 13.1. The average molecular weight is 437 g/mol. The van der Waals surface area contributed by atoms with Gasteiger partial charge in [0.25, 0.3) is 0 Å². The molecular formula is C33H24O. The Morgan fingerprint density at radius 3 is 1.21 bits per heavy atom. The van der Waals surface area contributed by atoms with Gasteiger partial charge in [-0.1, -0.05) is 140 Å². The highest BCUT2D eigenvalue weighted by Crippen LogP contribution is 2.55. The van der Waals surface area contributed by atoms with Crippen molar-refractivity contribution in [3.63, 3.8) is 0 Å². The van der Waals surface area contributed by atoms with Crippen LogP contribution in [0.25, 0.3) is 22.3 Å². The van der Waals surface area contributed by atoms with E-state index in [1.165, 1.54) is 0 Å². The quantitative estimate of drug-likeness (QED) is 0.288. The summed E-state index contributed by atoms with van der Waals surface area (Å²) in [6.07, 6.45) is 0. The van der Waals surface area contributed by atoms with Crippen molar-refractivity contribution in [1.29, 1.82) is 0 Å². The Kier molecular flexibility index (Phi) is 4.98. The lowest BCUT2D eigenvalue weighted by Gasteiger charge is -2.32. The van der Waals surface area contributed by atoms with Gasteiger partial charge in [0.05, 0.1) is 0 Å². The Balaban J connectivity index is 1.80. The molecule has 1 aliphatic carbocycles. The van der Waals surface area contributed by atoms with Crippen molar-refractivity contribution in [1.82, 2.24) is 0 Å². The Bertz CT molecular complexity index is 1390. The molecule has 0 spiro atoms. The van der Waals surface area contributed by atoms with Crippen molar-refractivity contribution in [2.75, 3.05) is 0 Å². The van der Waals surface area contributed by atoms with Gasteiger partial charge in [-0.15, -0.1) is 0 Å². The summed E-state index contributed by atoms with van der Waals surface area (Å²) < 4.78 is 0. The molecule has 0 saturated carbocycles. The summed E-state index contributed by atoms with van der Waals surface area (Å²) >= 11 is 0. The van der Waals surface area contributed by atoms with Crippen molar-refractivity contribution < 1.29 is 5.11 Å². The minimum Gasteiger partial charge on any atom is -0.376 e. The van der Waals surface area contributed by atoms with E-state index in [9.17, 15) is 5.11 Å². The summed E-state index contributed by atoms with van der Waals surface area (Å²) in [4.78, 5) is 0. The number of rotatable bonds is 4. The highest BCUT2D eigenvalue weighted by Gasteiger charge is 2.46. The first kappa shape index (κ1) is 20.4. The molecule has 0 aromatic heterocycles. The lowest BCUT2D eigenvalue weighted by Crippen LogP contribution is -2.28. The van der Waals surface area contributed by atoms with Crippen LogP contribution in [0, 0.1) is 0 Å². The molecule has 1 N–H and O–H groups in total. The maximum Gasteiger partial charge on any atom is 0.142 e. The van der Waals surface area contributed by atoms with Gasteiger partial charge in [0.1, 0.15) is 5.60 Å². The van der Waals surface area contributed by atoms with Crippen LogP contribution in [-0.4, -0.2) is 5.11 Å². The van der Waals surface area contributed by atoms with E-state index in [1.54, 1.807) is 0 Å². The van der Waals surface area contributed by atoms with Crippen LogP contribution < -0.4 is 0 Å². The first-order valence-electron chi connectivity index (χ1n) is 11.6. The molecule has 34 heavy (non-hydrogen) atoms. The summed E-state index contributed by atoms with van der Waals surface area (Å²) in [6, 6.07) is 47.6. The second-order valence-corrected chi connectivity index (χ2v) is 8.65. The van der Waals surface area contributed by atoms with E-state index < -0.39 is 5.60 Å². The molecule has 6 rings (SSSR count). The summed E-state index contributed by atoms with van der Waals surface area (Å²) in [5.74, 6) is 0. The molecule has 1 heteroatoms. The fourth-order valence-corrected chi connectivity index (χ4v) is 5.29. The lowest BCUT2D eigenvalue weighted by atomic mass is 9.75. The predicted octanol–water partition coefficient (Wildman–Crippen LogP) is 7.56. The molecule has 0 radical (unpaired) electrons. The van der Waals surface area contributed by atoms with Crippen LogP contribution in [0.5, 0.6) is 0 Å². The molecule has 5 aromatic rings. The predicted molar refractivity (Wildman–Crippen MR) is 140 cm³/mol. The molecule has 1 aliphatic rings. The topological polar surface area (TPSA) is 20.2 Å². The van der Waals surface area contributed by atoms with Gasteiger partial charge < -0.3 is 5.11 Å². The van der Waals surface area contributed by atoms with Gasteiger partial charge in [-0.2, -0.15) is 0 Å². The lowest BCUT2D eigenvalue weighted by molar-refractivity contribution is 0.151. The SMILES string of the molecule is OC1(C(=C(c2ccccc2)c2ccccc2)c2ccccc2)c2ccccc2-c2ccccc21. The summed E-state index contributed by atoms with van der Waals surface area (Å²) in [7, 11) is 0. The highest BCUT2D eigenvalue weighted by atomic mass is 16.3. The minimum absolute atomic E-state index is 0.892. The van der Waals surface area contributed by atoms with Crippen LogP contribution in [0.15, 0.2) is 140 Å². The molecule has 0 amide bonds. The fourth-order valence-electron chi connectivity index (χ4n) is 5.29. The minimum atomic E-state index is -1.31. The zero-order valence-corrected chi connectivity index (χ0v) is 18.7. The third kappa shape index (κ3) is 3.14. The van der Waals surface area contributed by atoms with Crippen LogP contribution in [0.1, 0.15) is 27.8 Å². The summed E-state index contributed by atoms with van der Waals surface area (Å²) in [5.41, 5.74) is 7.74. The molecule has 5 aromatic carbocycles. The highest BCUT2D eigenvalue weighted by molar-refractivity contribution is 6.05. The van der Waals surface area contributed by atoms with Crippen molar-refractivity contribution >= 4 is 11.1 Å². The largest absolute Gasteiger partial charge is 0.376 e. The first-order valence-corrected chi connectivity index (χ1v) is 11.6. The second-order valence-electron chi connectivity index (χ2n) is 8.65. The number of hydrogen-bond acceptors (Lipinski definition) is 1. The molecular weight excluding hydrogens is 412 g/mol. The van der Waals surface area contributed by atoms with E-state index in [1.807, 2.05) is 54.6 Å². The van der Waals surface area contributed by atoms with E-state index in [-0.39, 0.29) is 0 Å². The van der Waals surface area contributed by atoms with Gasteiger partial charge in [-0.3, -0.25) is 0 Å². The smallest absolute Gasteiger partial charge is 0.142 e. The third-order valence-electron chi connectivity index (χ3n) is 6.72. The number of fused-ring (bicyclic) bond motifs is 3. The molecule has 0 bridgehead atoms. The molecule has 1 nitrogen and oxygen atoms in total. The maximum atomic E-state index is 12.9. The molecule has 0 atom stereocenters. The molecule has 0 unspecified atom stereocenters. The van der Waals surface area contributed by atoms with Crippen molar-refractivity contribution in [3.05, 3.63) is 167 Å². The molecule has 0 aliphatic heterocycles. The Morgan fingerprint density at radius 2 is 0.765 bits per heavy atom. The van der Waals surface area contributed by atoms with Gasteiger partial charge in [0.15, 0.2) is 0 Å². The van der Waals surface area contributed by atoms with Gasteiger partial charge in [-0.25, -0.2) is 0 Å². The van der Waals surface area contributed by atoms with Crippen LogP contribution in [0.3, 0.4) is 0 Å². The number of hydrogen-bond donors (Lipinski definition) is 1. The van der Waals surface area contributed by atoms with Crippen LogP contribution >= 0.6 is 0 Å². The zero-order valence-electron chi connectivity index (χ0n) is 18.7.